The van der Waals surface area contributed by atoms with Crippen LogP contribution in [-0.2, 0) is 9.53 Å². The van der Waals surface area contributed by atoms with Crippen molar-refractivity contribution < 1.29 is 24.5 Å². The third-order valence-electron chi connectivity index (χ3n) is 6.91. The van der Waals surface area contributed by atoms with Crippen LogP contribution in [0.3, 0.4) is 0 Å². The van der Waals surface area contributed by atoms with Crippen molar-refractivity contribution in [3.05, 3.63) is 0 Å². The largest absolute Gasteiger partial charge is 0.444 e. The smallest absolute Gasteiger partial charge is 0.408 e. The Balaban J connectivity index is 1.96. The molecule has 0 bridgehead atoms. The van der Waals surface area contributed by atoms with E-state index in [1.165, 1.54) is 19.3 Å². The average Bonchev–Trinajstić information content (AvgIpc) is 3.44. The number of aliphatic hydroxyl groups excluding tert-OH is 2. The Bertz CT molecular complexity index is 622. The van der Waals surface area contributed by atoms with Crippen molar-refractivity contribution in [1.82, 2.24) is 10.6 Å². The number of rotatable bonds is 11. The maximum atomic E-state index is 12.9. The van der Waals surface area contributed by atoms with Crippen LogP contribution in [0.5, 0.6) is 0 Å². The molecule has 2 aliphatic rings. The van der Waals surface area contributed by atoms with Crippen molar-refractivity contribution in [3.63, 3.8) is 0 Å². The number of hydrogen-bond donors (Lipinski definition) is 4. The molecule has 2 rings (SSSR count). The van der Waals surface area contributed by atoms with Gasteiger partial charge in [0.15, 0.2) is 0 Å². The normalized spacial score (nSPS) is 22.3. The van der Waals surface area contributed by atoms with Gasteiger partial charge in [-0.15, -0.1) is 0 Å². The Morgan fingerprint density at radius 3 is 2.25 bits per heavy atom. The zero-order valence-corrected chi connectivity index (χ0v) is 20.8. The summed E-state index contributed by atoms with van der Waals surface area (Å²) in [6.07, 6.45) is 7.88. The summed E-state index contributed by atoms with van der Waals surface area (Å²) in [5.74, 6) is 0.296. The van der Waals surface area contributed by atoms with Crippen LogP contribution in [0.25, 0.3) is 0 Å². The molecule has 0 aromatic rings. The third kappa shape index (κ3) is 8.54. The standard InChI is InChI=1S/C25H46N2O5/c1-6-10-19(28)21(30)24(5,17-18-11-8-7-9-12-18)26-20(29)13-14-25(15-16-25)27-22(31)32-23(2,3)4/h18-19,21,28,30H,6-17H2,1-5H3,(H,26,29)(H,27,31)/t19-,21-,24+/m0/s1. The summed E-state index contributed by atoms with van der Waals surface area (Å²) >= 11 is 0. The molecule has 32 heavy (non-hydrogen) atoms. The van der Waals surface area contributed by atoms with Gasteiger partial charge in [-0.2, -0.15) is 0 Å². The number of hydrogen-bond acceptors (Lipinski definition) is 5. The van der Waals surface area contributed by atoms with Crippen molar-refractivity contribution in [2.24, 2.45) is 5.92 Å². The summed E-state index contributed by atoms with van der Waals surface area (Å²) < 4.78 is 5.35. The number of aliphatic hydroxyl groups is 2. The van der Waals surface area contributed by atoms with Gasteiger partial charge in [-0.1, -0.05) is 45.4 Å². The van der Waals surface area contributed by atoms with E-state index in [0.717, 1.165) is 32.1 Å². The van der Waals surface area contributed by atoms with Crippen LogP contribution >= 0.6 is 0 Å². The fourth-order valence-corrected chi connectivity index (χ4v) is 4.96. The minimum atomic E-state index is -1.01. The molecule has 0 aromatic carbocycles. The fraction of sp³-hybridized carbons (Fsp3) is 0.920. The lowest BCUT2D eigenvalue weighted by molar-refractivity contribution is -0.127. The number of carbonyl (C=O) groups is 2. The van der Waals surface area contributed by atoms with Crippen LogP contribution in [0.4, 0.5) is 4.79 Å². The van der Waals surface area contributed by atoms with Crippen LogP contribution < -0.4 is 10.6 Å². The summed E-state index contributed by atoms with van der Waals surface area (Å²) in [4.78, 5) is 25.1. The van der Waals surface area contributed by atoms with Crippen LogP contribution in [-0.4, -0.2) is 51.1 Å². The Morgan fingerprint density at radius 1 is 1.09 bits per heavy atom. The van der Waals surface area contributed by atoms with Crippen molar-refractivity contribution in [3.8, 4) is 0 Å². The summed E-state index contributed by atoms with van der Waals surface area (Å²) in [5.41, 5.74) is -1.81. The molecular formula is C25H46N2O5. The number of carbonyl (C=O) groups excluding carboxylic acids is 2. The van der Waals surface area contributed by atoms with Gasteiger partial charge in [-0.05, 0) is 65.7 Å². The highest BCUT2D eigenvalue weighted by atomic mass is 16.6. The zero-order valence-electron chi connectivity index (χ0n) is 20.8. The van der Waals surface area contributed by atoms with E-state index in [2.05, 4.69) is 10.6 Å². The van der Waals surface area contributed by atoms with Gasteiger partial charge in [0.05, 0.1) is 11.6 Å². The van der Waals surface area contributed by atoms with E-state index in [-0.39, 0.29) is 17.9 Å². The van der Waals surface area contributed by atoms with E-state index in [0.29, 0.717) is 25.2 Å². The van der Waals surface area contributed by atoms with Crippen LogP contribution in [0.15, 0.2) is 0 Å². The highest BCUT2D eigenvalue weighted by Gasteiger charge is 2.46. The lowest BCUT2D eigenvalue weighted by Crippen LogP contribution is -2.59. The van der Waals surface area contributed by atoms with Gasteiger partial charge in [0.2, 0.25) is 5.91 Å². The molecule has 0 radical (unpaired) electrons. The first-order valence-electron chi connectivity index (χ1n) is 12.6. The maximum absolute atomic E-state index is 12.9. The molecule has 2 aliphatic carbocycles. The van der Waals surface area contributed by atoms with Gasteiger partial charge in [0.25, 0.3) is 0 Å². The number of ether oxygens (including phenoxy) is 1. The molecule has 7 heteroatoms. The van der Waals surface area contributed by atoms with Gasteiger partial charge in [0.1, 0.15) is 11.7 Å². The molecule has 2 fully saturated rings. The lowest BCUT2D eigenvalue weighted by atomic mass is 9.76. The molecule has 0 heterocycles. The van der Waals surface area contributed by atoms with Gasteiger partial charge in [-0.3, -0.25) is 4.79 Å². The van der Waals surface area contributed by atoms with Crippen LogP contribution in [0, 0.1) is 5.92 Å². The summed E-state index contributed by atoms with van der Waals surface area (Å²) in [7, 11) is 0. The van der Waals surface area contributed by atoms with E-state index in [1.54, 1.807) is 0 Å². The number of amides is 2. The fourth-order valence-electron chi connectivity index (χ4n) is 4.96. The minimum Gasteiger partial charge on any atom is -0.444 e. The molecule has 0 saturated heterocycles. The Labute approximate surface area is 194 Å². The van der Waals surface area contributed by atoms with E-state index >= 15 is 0 Å². The highest BCUT2D eigenvalue weighted by Crippen LogP contribution is 2.40. The third-order valence-corrected chi connectivity index (χ3v) is 6.91. The SMILES string of the molecule is CCC[C@H](O)[C@H](O)[C@@](C)(CC1CCCCC1)NC(=O)CCC1(NC(=O)OC(C)(C)C)CC1. The minimum absolute atomic E-state index is 0.150. The summed E-state index contributed by atoms with van der Waals surface area (Å²) in [5, 5.41) is 27.5. The Hall–Kier alpha value is -1.34. The van der Waals surface area contributed by atoms with Crippen molar-refractivity contribution >= 4 is 12.0 Å². The van der Waals surface area contributed by atoms with E-state index in [1.807, 2.05) is 34.6 Å². The quantitative estimate of drug-likeness (QED) is 0.374. The van der Waals surface area contributed by atoms with E-state index in [9.17, 15) is 19.8 Å². The maximum Gasteiger partial charge on any atom is 0.408 e. The first kappa shape index (κ1) is 26.9. The van der Waals surface area contributed by atoms with Gasteiger partial charge >= 0.3 is 6.09 Å². The molecule has 7 nitrogen and oxygen atoms in total. The van der Waals surface area contributed by atoms with E-state index < -0.39 is 29.4 Å². The topological polar surface area (TPSA) is 108 Å². The second-order valence-electron chi connectivity index (χ2n) is 11.4. The van der Waals surface area contributed by atoms with Crippen molar-refractivity contribution in [2.75, 3.05) is 0 Å². The molecule has 186 valence electrons. The van der Waals surface area contributed by atoms with Crippen LogP contribution in [0.2, 0.25) is 0 Å². The highest BCUT2D eigenvalue weighted by molar-refractivity contribution is 5.77. The summed E-state index contributed by atoms with van der Waals surface area (Å²) in [6, 6.07) is 0. The average molecular weight is 455 g/mol. The lowest BCUT2D eigenvalue weighted by Gasteiger charge is -2.41. The first-order chi connectivity index (χ1) is 14.9. The molecule has 0 unspecified atom stereocenters. The Morgan fingerprint density at radius 2 is 1.72 bits per heavy atom. The molecular weight excluding hydrogens is 408 g/mol. The molecule has 2 saturated carbocycles. The van der Waals surface area contributed by atoms with Gasteiger partial charge < -0.3 is 25.6 Å². The molecule has 0 aromatic heterocycles. The second kappa shape index (κ2) is 11.2. The number of nitrogens with one attached hydrogen (secondary N) is 2. The van der Waals surface area contributed by atoms with E-state index in [4.69, 9.17) is 4.74 Å². The predicted octanol–water partition coefficient (Wildman–Crippen LogP) is 4.19. The van der Waals surface area contributed by atoms with Crippen molar-refractivity contribution in [1.29, 1.82) is 0 Å². The predicted molar refractivity (Wildman–Crippen MR) is 125 cm³/mol. The Kier molecular flexibility index (Phi) is 9.41. The second-order valence-corrected chi connectivity index (χ2v) is 11.4. The first-order valence-corrected chi connectivity index (χ1v) is 12.6. The van der Waals surface area contributed by atoms with Crippen molar-refractivity contribution in [2.45, 2.75) is 141 Å². The molecule has 2 amide bonds. The number of alkyl carbamates (subject to hydrolysis) is 1. The molecule has 0 aliphatic heterocycles. The van der Waals surface area contributed by atoms with Gasteiger partial charge in [-0.25, -0.2) is 4.79 Å². The van der Waals surface area contributed by atoms with Crippen LogP contribution in [0.1, 0.15) is 112 Å². The zero-order chi connectivity index (χ0) is 24.0. The molecule has 0 spiro atoms. The monoisotopic (exact) mass is 454 g/mol. The molecule has 4 N–H and O–H groups in total. The van der Waals surface area contributed by atoms with Gasteiger partial charge in [0, 0.05) is 12.0 Å². The summed E-state index contributed by atoms with van der Waals surface area (Å²) in [6.45, 7) is 9.32. The molecule has 3 atom stereocenters.